The lowest BCUT2D eigenvalue weighted by Gasteiger charge is -2.25. The highest BCUT2D eigenvalue weighted by molar-refractivity contribution is 7.88. The van der Waals surface area contributed by atoms with Crippen LogP contribution in [-0.2, 0) is 14.8 Å². The van der Waals surface area contributed by atoms with E-state index >= 15 is 0 Å². The minimum atomic E-state index is -3.01. The van der Waals surface area contributed by atoms with Gasteiger partial charge in [-0.2, -0.15) is 0 Å². The molecule has 1 rings (SSSR count). The molecule has 0 aromatic rings. The first-order valence-electron chi connectivity index (χ1n) is 2.63. The highest BCUT2D eigenvalue weighted by atomic mass is 32.2. The number of ether oxygens (including phenoxy) is 1. The number of rotatable bonds is 2. The van der Waals surface area contributed by atoms with Crippen molar-refractivity contribution in [2.24, 2.45) is 0 Å². The van der Waals surface area contributed by atoms with E-state index in [1.54, 1.807) is 0 Å². The van der Waals surface area contributed by atoms with Crippen LogP contribution in [0.1, 0.15) is 0 Å². The molecule has 1 fully saturated rings. The SMILES string of the molecule is CS(=O)(=O)NC1COC1. The Morgan fingerprint density at radius 2 is 2.11 bits per heavy atom. The molecule has 1 saturated heterocycles. The number of hydrogen-bond acceptors (Lipinski definition) is 3. The summed E-state index contributed by atoms with van der Waals surface area (Å²) < 4.78 is 28.1. The van der Waals surface area contributed by atoms with Gasteiger partial charge >= 0.3 is 0 Å². The fourth-order valence-electron chi connectivity index (χ4n) is 0.606. The molecule has 0 aliphatic carbocycles. The van der Waals surface area contributed by atoms with Crippen LogP contribution in [-0.4, -0.2) is 33.9 Å². The highest BCUT2D eigenvalue weighted by Gasteiger charge is 2.21. The molecular formula is C4H9NO3S. The van der Waals surface area contributed by atoms with Crippen molar-refractivity contribution in [3.05, 3.63) is 0 Å². The van der Waals surface area contributed by atoms with E-state index in [-0.39, 0.29) is 6.04 Å². The summed E-state index contributed by atoms with van der Waals surface area (Å²) >= 11 is 0. The van der Waals surface area contributed by atoms with Crippen LogP contribution in [0, 0.1) is 0 Å². The molecule has 0 saturated carbocycles. The molecule has 0 amide bonds. The maximum Gasteiger partial charge on any atom is 0.209 e. The predicted octanol–water partition coefficient (Wildman–Crippen LogP) is -1.07. The van der Waals surface area contributed by atoms with Gasteiger partial charge in [-0.15, -0.1) is 0 Å². The Kier molecular flexibility index (Phi) is 1.74. The first-order chi connectivity index (χ1) is 4.08. The Balaban J connectivity index is 2.33. The molecule has 1 heterocycles. The van der Waals surface area contributed by atoms with Gasteiger partial charge in [-0.1, -0.05) is 0 Å². The van der Waals surface area contributed by atoms with E-state index in [1.807, 2.05) is 0 Å². The maximum atomic E-state index is 10.5. The van der Waals surface area contributed by atoms with Crippen molar-refractivity contribution >= 4 is 10.0 Å². The third-order valence-electron chi connectivity index (χ3n) is 1.02. The van der Waals surface area contributed by atoms with Gasteiger partial charge in [-0.3, -0.25) is 0 Å². The van der Waals surface area contributed by atoms with Crippen LogP contribution in [0.15, 0.2) is 0 Å². The molecule has 0 radical (unpaired) electrons. The average molecular weight is 151 g/mol. The standard InChI is InChI=1S/C4H9NO3S/c1-9(6,7)5-4-2-8-3-4/h4-5H,2-3H2,1H3. The largest absolute Gasteiger partial charge is 0.378 e. The monoisotopic (exact) mass is 151 g/mol. The van der Waals surface area contributed by atoms with Crippen LogP contribution in [0.5, 0.6) is 0 Å². The van der Waals surface area contributed by atoms with Crippen LogP contribution < -0.4 is 4.72 Å². The van der Waals surface area contributed by atoms with E-state index in [9.17, 15) is 8.42 Å². The second kappa shape index (κ2) is 2.24. The lowest BCUT2D eigenvalue weighted by atomic mass is 10.3. The van der Waals surface area contributed by atoms with Gasteiger partial charge in [0.05, 0.1) is 25.5 Å². The summed E-state index contributed by atoms with van der Waals surface area (Å²) in [6.07, 6.45) is 1.14. The molecule has 0 aromatic heterocycles. The van der Waals surface area contributed by atoms with Crippen LogP contribution in [0.4, 0.5) is 0 Å². The van der Waals surface area contributed by atoms with E-state index < -0.39 is 10.0 Å². The summed E-state index contributed by atoms with van der Waals surface area (Å²) in [7, 11) is -3.01. The van der Waals surface area contributed by atoms with E-state index in [0.29, 0.717) is 13.2 Å². The zero-order chi connectivity index (χ0) is 6.91. The summed E-state index contributed by atoms with van der Waals surface area (Å²) in [6.45, 7) is 1.01. The van der Waals surface area contributed by atoms with Crippen LogP contribution in [0.2, 0.25) is 0 Å². The first kappa shape index (κ1) is 6.98. The molecule has 5 heteroatoms. The van der Waals surface area contributed by atoms with Crippen LogP contribution in [0.3, 0.4) is 0 Å². The Bertz CT molecular complexity index is 182. The van der Waals surface area contributed by atoms with Gasteiger partial charge in [0, 0.05) is 0 Å². The molecule has 4 nitrogen and oxygen atoms in total. The molecule has 54 valence electrons. The van der Waals surface area contributed by atoms with E-state index in [1.165, 1.54) is 0 Å². The molecule has 9 heavy (non-hydrogen) atoms. The summed E-state index contributed by atoms with van der Waals surface area (Å²) in [5, 5.41) is 0. The van der Waals surface area contributed by atoms with Gasteiger partial charge in [0.25, 0.3) is 0 Å². The summed E-state index contributed by atoms with van der Waals surface area (Å²) in [4.78, 5) is 0. The van der Waals surface area contributed by atoms with Gasteiger partial charge in [-0.05, 0) is 0 Å². The lowest BCUT2D eigenvalue weighted by Crippen LogP contribution is -2.48. The minimum absolute atomic E-state index is 0.0139. The number of hydrogen-bond donors (Lipinski definition) is 1. The van der Waals surface area contributed by atoms with Crippen molar-refractivity contribution in [1.82, 2.24) is 4.72 Å². The van der Waals surface area contributed by atoms with Crippen LogP contribution >= 0.6 is 0 Å². The minimum Gasteiger partial charge on any atom is -0.378 e. The molecule has 0 bridgehead atoms. The topological polar surface area (TPSA) is 55.4 Å². The summed E-state index contributed by atoms with van der Waals surface area (Å²) in [5.74, 6) is 0. The smallest absolute Gasteiger partial charge is 0.209 e. The molecule has 0 atom stereocenters. The molecule has 1 aliphatic heterocycles. The highest BCUT2D eigenvalue weighted by Crippen LogP contribution is 1.99. The Labute approximate surface area is 54.3 Å². The molecule has 1 N–H and O–H groups in total. The van der Waals surface area contributed by atoms with Crippen molar-refractivity contribution in [1.29, 1.82) is 0 Å². The van der Waals surface area contributed by atoms with Crippen molar-refractivity contribution in [2.75, 3.05) is 19.5 Å². The quantitative estimate of drug-likeness (QED) is 0.547. The summed E-state index contributed by atoms with van der Waals surface area (Å²) in [6, 6.07) is 0.0139. The molecule has 0 aromatic carbocycles. The molecule has 1 aliphatic rings. The maximum absolute atomic E-state index is 10.5. The Morgan fingerprint density at radius 1 is 1.56 bits per heavy atom. The Hall–Kier alpha value is -0.130. The average Bonchev–Trinajstić information content (AvgIpc) is 1.53. The van der Waals surface area contributed by atoms with E-state index in [4.69, 9.17) is 4.74 Å². The lowest BCUT2D eigenvalue weighted by molar-refractivity contribution is 0.00490. The zero-order valence-corrected chi connectivity index (χ0v) is 5.94. The van der Waals surface area contributed by atoms with Gasteiger partial charge in [0.15, 0.2) is 0 Å². The van der Waals surface area contributed by atoms with E-state index in [2.05, 4.69) is 4.72 Å². The fraction of sp³-hybridized carbons (Fsp3) is 1.00. The summed E-state index contributed by atoms with van der Waals surface area (Å²) in [5.41, 5.74) is 0. The molecular weight excluding hydrogens is 142 g/mol. The van der Waals surface area contributed by atoms with Gasteiger partial charge < -0.3 is 4.74 Å². The van der Waals surface area contributed by atoms with Crippen molar-refractivity contribution < 1.29 is 13.2 Å². The number of sulfonamides is 1. The normalized spacial score (nSPS) is 21.4. The predicted molar refractivity (Wildman–Crippen MR) is 32.6 cm³/mol. The van der Waals surface area contributed by atoms with Crippen LogP contribution in [0.25, 0.3) is 0 Å². The van der Waals surface area contributed by atoms with Crippen molar-refractivity contribution in [2.45, 2.75) is 6.04 Å². The fourth-order valence-corrected chi connectivity index (χ4v) is 1.35. The zero-order valence-electron chi connectivity index (χ0n) is 5.12. The van der Waals surface area contributed by atoms with Crippen molar-refractivity contribution in [3.63, 3.8) is 0 Å². The van der Waals surface area contributed by atoms with Gasteiger partial charge in [-0.25, -0.2) is 13.1 Å². The second-order valence-corrected chi connectivity index (χ2v) is 3.90. The van der Waals surface area contributed by atoms with E-state index in [0.717, 1.165) is 6.26 Å². The molecule has 0 spiro atoms. The third kappa shape index (κ3) is 2.30. The third-order valence-corrected chi connectivity index (χ3v) is 1.78. The Morgan fingerprint density at radius 3 is 2.22 bits per heavy atom. The number of nitrogens with one attached hydrogen (secondary N) is 1. The second-order valence-electron chi connectivity index (χ2n) is 2.12. The molecule has 0 unspecified atom stereocenters. The first-order valence-corrected chi connectivity index (χ1v) is 4.52. The van der Waals surface area contributed by atoms with Gasteiger partial charge in [0.1, 0.15) is 0 Å². The van der Waals surface area contributed by atoms with Gasteiger partial charge in [0.2, 0.25) is 10.0 Å². The van der Waals surface area contributed by atoms with Crippen molar-refractivity contribution in [3.8, 4) is 0 Å².